The summed E-state index contributed by atoms with van der Waals surface area (Å²) in [6.07, 6.45) is 4.05. The minimum absolute atomic E-state index is 0. The monoisotopic (exact) mass is 256 g/mol. The van der Waals surface area contributed by atoms with Crippen molar-refractivity contribution < 1.29 is 36.2 Å². The molecule has 0 radical (unpaired) electrons. The van der Waals surface area contributed by atoms with Crippen LogP contribution in [0.2, 0.25) is 4.89 Å². The van der Waals surface area contributed by atoms with E-state index < -0.39 is 0 Å². The van der Waals surface area contributed by atoms with Crippen molar-refractivity contribution in [3.63, 3.8) is 0 Å². The van der Waals surface area contributed by atoms with E-state index in [1.807, 2.05) is 0 Å². The molecule has 0 aromatic heterocycles. The second-order valence-corrected chi connectivity index (χ2v) is 2.14. The summed E-state index contributed by atoms with van der Waals surface area (Å²) < 4.78 is 0. The van der Waals surface area contributed by atoms with E-state index >= 15 is 0 Å². The summed E-state index contributed by atoms with van der Waals surface area (Å²) >= 11 is 3.13. The summed E-state index contributed by atoms with van der Waals surface area (Å²) in [5.41, 5.74) is 0. The van der Waals surface area contributed by atoms with Crippen molar-refractivity contribution in [3.8, 4) is 0 Å². The van der Waals surface area contributed by atoms with Crippen molar-refractivity contribution in [2.45, 2.75) is 31.1 Å². The molecule has 0 nitrogen and oxygen atoms in total. The fourth-order valence-electron chi connectivity index (χ4n) is 0.329. The first kappa shape index (κ1) is 11.0. The van der Waals surface area contributed by atoms with Crippen LogP contribution >= 0.6 is 0 Å². The van der Waals surface area contributed by atoms with E-state index in [1.54, 1.807) is 0 Å². The van der Waals surface area contributed by atoms with Crippen molar-refractivity contribution in [2.75, 3.05) is 0 Å². The zero-order chi connectivity index (χ0) is 4.83. The molecule has 0 aromatic carbocycles. The fourth-order valence-corrected chi connectivity index (χ4v) is 0.718. The molecule has 0 N–H and O–H groups in total. The molecule has 0 aliphatic heterocycles. The molecule has 0 aromatic rings. The van der Waals surface area contributed by atoms with E-state index in [-0.39, 0.29) is 17.0 Å². The van der Waals surface area contributed by atoms with Crippen molar-refractivity contribution in [3.05, 3.63) is 0 Å². The molecule has 48 valence electrons. The molecule has 0 unspecified atom stereocenters. The normalized spacial score (nSPS) is 7.86. The van der Waals surface area contributed by atoms with Gasteiger partial charge in [0, 0.05) is 0 Å². The average Bonchev–Trinajstić information content (AvgIpc) is 1.61. The van der Waals surface area contributed by atoms with E-state index in [0.29, 0.717) is 0 Å². The summed E-state index contributed by atoms with van der Waals surface area (Å²) in [6.45, 7) is 2.22. The topological polar surface area (TPSA) is 0 Å². The molecule has 0 saturated carbocycles. The van der Waals surface area contributed by atoms with Crippen LogP contribution in [0.1, 0.15) is 26.2 Å². The summed E-state index contributed by atoms with van der Waals surface area (Å²) in [5.74, 6) is 0. The molecule has 0 spiro atoms. The van der Waals surface area contributed by atoms with Crippen LogP contribution in [0.4, 0.5) is 0 Å². The third-order valence-electron chi connectivity index (χ3n) is 0.715. The maximum atomic E-state index is 3.13. The molecular weight excluding hydrogens is 246 g/mol. The Hall–Kier alpha value is 1.14. The van der Waals surface area contributed by atoms with E-state index in [9.17, 15) is 0 Å². The van der Waals surface area contributed by atoms with Crippen LogP contribution in [0, 0.1) is 0 Å². The van der Waals surface area contributed by atoms with Crippen LogP contribution in [0.25, 0.3) is 0 Å². The molecule has 7 heavy (non-hydrogen) atoms. The minimum Gasteiger partial charge on any atom is -1.00 e. The van der Waals surface area contributed by atoms with Gasteiger partial charge in [-0.1, -0.05) is 0 Å². The zero-order valence-corrected chi connectivity index (χ0v) is 7.66. The van der Waals surface area contributed by atoms with Crippen LogP contribution in [0.5, 0.6) is 0 Å². The van der Waals surface area contributed by atoms with Crippen molar-refractivity contribution >= 4 is 0 Å². The third kappa shape index (κ3) is 11.0. The number of halogens is 1. The Morgan fingerprint density at radius 3 is 2.00 bits per heavy atom. The molecular formula is C5H11BrPd. The van der Waals surface area contributed by atoms with Gasteiger partial charge in [0.2, 0.25) is 0 Å². The second kappa shape index (κ2) is 10.2. The standard InChI is InChI=1S/C5H11.BrH.Pd/c1-3-5-4-2;;/h1,3-5H2,2H3;1H;/q;;+1/p-1. The molecule has 0 fully saturated rings. The molecule has 0 saturated heterocycles. The van der Waals surface area contributed by atoms with Crippen molar-refractivity contribution in [1.29, 1.82) is 0 Å². The van der Waals surface area contributed by atoms with Gasteiger partial charge in [0.1, 0.15) is 0 Å². The summed E-state index contributed by atoms with van der Waals surface area (Å²) in [6, 6.07) is 0. The average molecular weight is 257 g/mol. The Balaban J connectivity index is 0. The maximum absolute atomic E-state index is 3.13. The van der Waals surface area contributed by atoms with Crippen LogP contribution in [-0.2, 0) is 19.2 Å². The first-order valence-electron chi connectivity index (χ1n) is 2.43. The van der Waals surface area contributed by atoms with Crippen molar-refractivity contribution in [2.24, 2.45) is 0 Å². The summed E-state index contributed by atoms with van der Waals surface area (Å²) in [4.78, 5) is 1.20. The van der Waals surface area contributed by atoms with Gasteiger partial charge in [-0.15, -0.1) is 0 Å². The Kier molecular flexibility index (Phi) is 16.0. The van der Waals surface area contributed by atoms with E-state index in [1.165, 1.54) is 24.2 Å². The van der Waals surface area contributed by atoms with Gasteiger partial charge in [0.05, 0.1) is 0 Å². The van der Waals surface area contributed by atoms with Gasteiger partial charge in [-0.05, 0) is 0 Å². The van der Waals surface area contributed by atoms with Crippen LogP contribution in [-0.4, -0.2) is 0 Å². The largest absolute Gasteiger partial charge is 1.00 e. The molecule has 0 aliphatic carbocycles. The fraction of sp³-hybridized carbons (Fsp3) is 1.00. The smallest absolute Gasteiger partial charge is 1.00 e. The summed E-state index contributed by atoms with van der Waals surface area (Å²) in [7, 11) is 0. The van der Waals surface area contributed by atoms with E-state index in [4.69, 9.17) is 0 Å². The van der Waals surface area contributed by atoms with Crippen molar-refractivity contribution in [1.82, 2.24) is 0 Å². The van der Waals surface area contributed by atoms with Crippen LogP contribution in [0.3, 0.4) is 0 Å². The molecule has 0 bridgehead atoms. The van der Waals surface area contributed by atoms with Gasteiger partial charge in [-0.3, -0.25) is 0 Å². The van der Waals surface area contributed by atoms with Gasteiger partial charge in [-0.25, -0.2) is 0 Å². The second-order valence-electron chi connectivity index (χ2n) is 1.37. The summed E-state index contributed by atoms with van der Waals surface area (Å²) in [5, 5.41) is 0. The predicted octanol–water partition coefficient (Wildman–Crippen LogP) is -0.854. The third-order valence-corrected chi connectivity index (χ3v) is 1.26. The number of hydrogen-bond donors (Lipinski definition) is 0. The number of rotatable bonds is 3. The predicted molar refractivity (Wildman–Crippen MR) is 24.3 cm³/mol. The molecule has 0 amide bonds. The maximum Gasteiger partial charge on any atom is -1.00 e. The first-order chi connectivity index (χ1) is 2.91. The van der Waals surface area contributed by atoms with Gasteiger partial charge < -0.3 is 17.0 Å². The van der Waals surface area contributed by atoms with Gasteiger partial charge in [0.25, 0.3) is 0 Å². The van der Waals surface area contributed by atoms with Gasteiger partial charge in [0.15, 0.2) is 0 Å². The zero-order valence-electron chi connectivity index (χ0n) is 4.52. The van der Waals surface area contributed by atoms with E-state index in [0.717, 1.165) is 0 Å². The minimum atomic E-state index is 0. The Labute approximate surface area is 67.2 Å². The Morgan fingerprint density at radius 2 is 1.86 bits per heavy atom. The molecule has 0 heterocycles. The Bertz CT molecular complexity index is 20.0. The van der Waals surface area contributed by atoms with Gasteiger partial charge >= 0.3 is 50.3 Å². The van der Waals surface area contributed by atoms with E-state index in [2.05, 4.69) is 26.1 Å². The molecule has 0 rings (SSSR count). The van der Waals surface area contributed by atoms with Crippen LogP contribution in [0.15, 0.2) is 0 Å². The van der Waals surface area contributed by atoms with Crippen LogP contribution < -0.4 is 17.0 Å². The quantitative estimate of drug-likeness (QED) is 0.456. The SMILES string of the molecule is CCCC[CH2][Pd+].[Br-]. The first-order valence-corrected chi connectivity index (χ1v) is 3.53. The molecule has 0 aliphatic rings. The number of unbranched alkanes of at least 4 members (excludes halogenated alkanes) is 2. The molecule has 2 heteroatoms. The van der Waals surface area contributed by atoms with Gasteiger partial charge in [-0.2, -0.15) is 0 Å². The number of hydrogen-bond acceptors (Lipinski definition) is 0. The Morgan fingerprint density at radius 1 is 1.29 bits per heavy atom. The molecule has 0 atom stereocenters.